The highest BCUT2D eigenvalue weighted by Crippen LogP contribution is 2.32. The maximum Gasteiger partial charge on any atom is 0.416 e. The number of carbonyl (C=O) groups excluding carboxylic acids is 1. The number of anilines is 1. The Bertz CT molecular complexity index is 1090. The van der Waals surface area contributed by atoms with E-state index in [-0.39, 0.29) is 17.7 Å². The van der Waals surface area contributed by atoms with Crippen LogP contribution >= 0.6 is 0 Å². The molecule has 1 amide bonds. The molecule has 0 radical (unpaired) electrons. The number of rotatable bonds is 4. The summed E-state index contributed by atoms with van der Waals surface area (Å²) in [5.74, 6) is 0.109. The number of aryl methyl sites for hydroxylation is 1. The molecular weight excluding hydrogens is 395 g/mol. The summed E-state index contributed by atoms with van der Waals surface area (Å²) in [5, 5.41) is 4.69. The van der Waals surface area contributed by atoms with Crippen molar-refractivity contribution in [3.8, 4) is 0 Å². The van der Waals surface area contributed by atoms with E-state index < -0.39 is 11.7 Å². The van der Waals surface area contributed by atoms with Crippen LogP contribution < -0.4 is 10.6 Å². The Morgan fingerprint density at radius 2 is 1.93 bits per heavy atom. The lowest BCUT2D eigenvalue weighted by Crippen LogP contribution is -2.28. The normalized spacial score (nSPS) is 18.2. The molecule has 0 spiro atoms. The molecule has 1 saturated heterocycles. The molecule has 2 atom stereocenters. The van der Waals surface area contributed by atoms with Crippen molar-refractivity contribution < 1.29 is 18.0 Å². The highest BCUT2D eigenvalue weighted by molar-refractivity contribution is 5.78. The van der Waals surface area contributed by atoms with Crippen LogP contribution in [0.4, 0.5) is 19.0 Å². The van der Waals surface area contributed by atoms with E-state index in [0.29, 0.717) is 30.9 Å². The van der Waals surface area contributed by atoms with Crippen LogP contribution in [0.2, 0.25) is 0 Å². The molecule has 4 rings (SSSR count). The van der Waals surface area contributed by atoms with Gasteiger partial charge in [0.25, 0.3) is 0 Å². The summed E-state index contributed by atoms with van der Waals surface area (Å²) in [7, 11) is 0. The minimum Gasteiger partial charge on any atom is -0.369 e. The summed E-state index contributed by atoms with van der Waals surface area (Å²) >= 11 is 0. The van der Waals surface area contributed by atoms with Crippen LogP contribution in [-0.2, 0) is 11.0 Å². The van der Waals surface area contributed by atoms with Gasteiger partial charge in [-0.3, -0.25) is 4.79 Å². The van der Waals surface area contributed by atoms with Crippen molar-refractivity contribution in [3.63, 3.8) is 0 Å². The number of fused-ring (bicyclic) bond motifs is 1. The van der Waals surface area contributed by atoms with Gasteiger partial charge >= 0.3 is 6.18 Å². The molecule has 2 N–H and O–H groups in total. The van der Waals surface area contributed by atoms with Crippen LogP contribution in [0.1, 0.15) is 41.8 Å². The van der Waals surface area contributed by atoms with Crippen molar-refractivity contribution in [2.75, 3.05) is 18.0 Å². The zero-order valence-electron chi connectivity index (χ0n) is 16.6. The third-order valence-corrected chi connectivity index (χ3v) is 5.65. The molecule has 1 aromatic carbocycles. The molecule has 1 fully saturated rings. The maximum absolute atomic E-state index is 12.8. The second-order valence-electron chi connectivity index (χ2n) is 7.77. The fourth-order valence-electron chi connectivity index (χ4n) is 3.87. The molecule has 9 heteroatoms. The fraction of sp³-hybridized carbons (Fsp3) is 0.381. The summed E-state index contributed by atoms with van der Waals surface area (Å²) in [5.41, 5.74) is 7.69. The minimum atomic E-state index is -4.36. The molecule has 2 aromatic heterocycles. The molecule has 30 heavy (non-hydrogen) atoms. The van der Waals surface area contributed by atoms with E-state index in [1.807, 2.05) is 26.0 Å². The first kappa shape index (κ1) is 20.2. The summed E-state index contributed by atoms with van der Waals surface area (Å²) in [4.78, 5) is 18.1. The number of nitrogens with zero attached hydrogens (tertiary/aromatic N) is 4. The van der Waals surface area contributed by atoms with E-state index in [2.05, 4.69) is 15.0 Å². The van der Waals surface area contributed by atoms with Crippen LogP contribution in [0.25, 0.3) is 5.65 Å². The third kappa shape index (κ3) is 3.71. The number of nitrogens with two attached hydrogens (primary N) is 1. The van der Waals surface area contributed by atoms with Crippen LogP contribution in [-0.4, -0.2) is 33.6 Å². The van der Waals surface area contributed by atoms with Crippen molar-refractivity contribution in [2.24, 2.45) is 11.7 Å². The molecule has 3 heterocycles. The number of amides is 1. The van der Waals surface area contributed by atoms with Crippen LogP contribution in [0.5, 0.6) is 0 Å². The van der Waals surface area contributed by atoms with Crippen LogP contribution in [0.3, 0.4) is 0 Å². The summed E-state index contributed by atoms with van der Waals surface area (Å²) < 4.78 is 40.2. The Morgan fingerprint density at radius 3 is 2.53 bits per heavy atom. The van der Waals surface area contributed by atoms with Crippen molar-refractivity contribution in [1.29, 1.82) is 0 Å². The summed E-state index contributed by atoms with van der Waals surface area (Å²) in [6, 6.07) is 8.90. The van der Waals surface area contributed by atoms with E-state index in [1.165, 1.54) is 12.1 Å². The summed E-state index contributed by atoms with van der Waals surface area (Å²) in [6.07, 6.45) is -3.67. The minimum absolute atomic E-state index is 0.199. The Morgan fingerprint density at radius 1 is 1.23 bits per heavy atom. The Labute approximate surface area is 171 Å². The predicted octanol–water partition coefficient (Wildman–Crippen LogP) is 3.52. The lowest BCUT2D eigenvalue weighted by atomic mass is 9.97. The van der Waals surface area contributed by atoms with E-state index in [0.717, 1.165) is 29.2 Å². The van der Waals surface area contributed by atoms with Gasteiger partial charge < -0.3 is 10.6 Å². The Balaban J connectivity index is 1.67. The van der Waals surface area contributed by atoms with Crippen molar-refractivity contribution >= 4 is 17.4 Å². The van der Waals surface area contributed by atoms with E-state index in [9.17, 15) is 18.0 Å². The Hall–Kier alpha value is -3.10. The van der Waals surface area contributed by atoms with Gasteiger partial charge in [0.05, 0.1) is 17.2 Å². The summed E-state index contributed by atoms with van der Waals surface area (Å²) in [6.45, 7) is 5.00. The van der Waals surface area contributed by atoms with Gasteiger partial charge in [0.15, 0.2) is 5.65 Å². The average Bonchev–Trinajstić information content (AvgIpc) is 3.33. The van der Waals surface area contributed by atoms with Gasteiger partial charge in [-0.05, 0) is 31.0 Å². The van der Waals surface area contributed by atoms with Gasteiger partial charge in [-0.1, -0.05) is 19.1 Å². The van der Waals surface area contributed by atoms with Crippen molar-refractivity contribution in [1.82, 2.24) is 14.6 Å². The number of carbonyl (C=O) groups is 1. The highest BCUT2D eigenvalue weighted by atomic mass is 19.4. The first-order valence-corrected chi connectivity index (χ1v) is 9.72. The molecular formula is C21H22F3N5O. The number of alkyl halides is 3. The quantitative estimate of drug-likeness (QED) is 0.705. The molecule has 0 bridgehead atoms. The first-order valence-electron chi connectivity index (χ1n) is 9.72. The van der Waals surface area contributed by atoms with Gasteiger partial charge in [0.1, 0.15) is 5.82 Å². The second-order valence-corrected chi connectivity index (χ2v) is 7.77. The van der Waals surface area contributed by atoms with Gasteiger partial charge in [0, 0.05) is 36.8 Å². The molecule has 2 unspecified atom stereocenters. The van der Waals surface area contributed by atoms with Crippen LogP contribution in [0, 0.1) is 12.8 Å². The maximum atomic E-state index is 12.8. The highest BCUT2D eigenvalue weighted by Gasteiger charge is 2.31. The molecule has 0 saturated carbocycles. The number of primary amides is 1. The fourth-order valence-corrected chi connectivity index (χ4v) is 3.87. The van der Waals surface area contributed by atoms with Gasteiger partial charge in [0.2, 0.25) is 5.91 Å². The molecule has 1 aliphatic heterocycles. The lowest BCUT2D eigenvalue weighted by molar-refractivity contribution is -0.137. The van der Waals surface area contributed by atoms with E-state index >= 15 is 0 Å². The zero-order chi connectivity index (χ0) is 21.6. The zero-order valence-corrected chi connectivity index (χ0v) is 16.6. The van der Waals surface area contributed by atoms with Gasteiger partial charge in [-0.2, -0.15) is 22.8 Å². The number of halogens is 3. The number of benzene rings is 1. The van der Waals surface area contributed by atoms with Gasteiger partial charge in [-0.25, -0.2) is 4.98 Å². The molecule has 0 aliphatic carbocycles. The molecule has 6 nitrogen and oxygen atoms in total. The topological polar surface area (TPSA) is 76.5 Å². The van der Waals surface area contributed by atoms with Crippen molar-refractivity contribution in [3.05, 3.63) is 58.9 Å². The molecule has 158 valence electrons. The van der Waals surface area contributed by atoms with E-state index in [4.69, 9.17) is 5.73 Å². The second kappa shape index (κ2) is 7.30. The standard InChI is InChI=1S/C21H22F3N5O/c1-12-9-19(28-8-7-15(11-28)20(25)30)29-18(26-12)10-17(27-29)13(2)14-3-5-16(6-4-14)21(22,23)24/h3-6,9-10,13,15H,7-8,11H2,1-2H3,(H2,25,30). The van der Waals surface area contributed by atoms with Gasteiger partial charge in [-0.15, -0.1) is 0 Å². The lowest BCUT2D eigenvalue weighted by Gasteiger charge is -2.19. The predicted molar refractivity (Wildman–Crippen MR) is 106 cm³/mol. The number of aromatic nitrogens is 3. The van der Waals surface area contributed by atoms with Crippen LogP contribution in [0.15, 0.2) is 36.4 Å². The Kier molecular flexibility index (Phi) is 4.91. The third-order valence-electron chi connectivity index (χ3n) is 5.65. The molecule has 3 aromatic rings. The first-order chi connectivity index (χ1) is 14.1. The smallest absolute Gasteiger partial charge is 0.369 e. The largest absolute Gasteiger partial charge is 0.416 e. The number of hydrogen-bond donors (Lipinski definition) is 1. The monoisotopic (exact) mass is 417 g/mol. The SMILES string of the molecule is Cc1cc(N2CCC(C(N)=O)C2)n2nc(C(C)c3ccc(C(F)(F)F)cc3)cc2n1. The number of hydrogen-bond acceptors (Lipinski definition) is 4. The molecule has 1 aliphatic rings. The average molecular weight is 417 g/mol. The van der Waals surface area contributed by atoms with Crippen molar-refractivity contribution in [2.45, 2.75) is 32.4 Å². The van der Waals surface area contributed by atoms with E-state index in [1.54, 1.807) is 4.52 Å².